The lowest BCUT2D eigenvalue weighted by molar-refractivity contribution is 0.795. The van der Waals surface area contributed by atoms with Crippen molar-refractivity contribution in [3.63, 3.8) is 0 Å². The Balaban J connectivity index is 2.73. The van der Waals surface area contributed by atoms with Gasteiger partial charge in [0.05, 0.1) is 0 Å². The van der Waals surface area contributed by atoms with Crippen molar-refractivity contribution in [3.05, 3.63) is 35.4 Å². The molecule has 0 heterocycles. The molecular weight excluding hydrogens is 160 g/mol. The molecular formula is C11H16N2. The number of hydrogen-bond donors (Lipinski definition) is 2. The number of nitrogens with two attached hydrogens (primary N) is 1. The van der Waals surface area contributed by atoms with Gasteiger partial charge in [0, 0.05) is 5.56 Å². The average molecular weight is 176 g/mol. The molecule has 0 amide bonds. The fourth-order valence-corrected chi connectivity index (χ4v) is 1.28. The first-order valence-corrected chi connectivity index (χ1v) is 4.67. The average Bonchev–Trinajstić information content (AvgIpc) is 2.15. The predicted octanol–water partition coefficient (Wildman–Crippen LogP) is 2.31. The van der Waals surface area contributed by atoms with Gasteiger partial charge in [-0.05, 0) is 24.5 Å². The Morgan fingerprint density at radius 3 is 2.85 bits per heavy atom. The molecule has 0 aliphatic rings. The molecule has 2 heteroatoms. The van der Waals surface area contributed by atoms with E-state index >= 15 is 0 Å². The number of aryl methyl sites for hydroxylation is 1. The maximum atomic E-state index is 7.29. The highest BCUT2D eigenvalue weighted by molar-refractivity contribution is 5.95. The maximum Gasteiger partial charge on any atom is 0.122 e. The van der Waals surface area contributed by atoms with Gasteiger partial charge in [0.2, 0.25) is 0 Å². The molecule has 0 spiro atoms. The lowest BCUT2D eigenvalue weighted by Crippen LogP contribution is -2.11. The van der Waals surface area contributed by atoms with Gasteiger partial charge in [0.1, 0.15) is 5.84 Å². The molecule has 70 valence electrons. The summed E-state index contributed by atoms with van der Waals surface area (Å²) in [5.74, 6) is 0.151. The van der Waals surface area contributed by atoms with Crippen LogP contribution in [0.1, 0.15) is 30.9 Å². The summed E-state index contributed by atoms with van der Waals surface area (Å²) in [4.78, 5) is 0. The van der Waals surface area contributed by atoms with Crippen molar-refractivity contribution in [2.45, 2.75) is 26.2 Å². The lowest BCUT2D eigenvalue weighted by atomic mass is 10.1. The van der Waals surface area contributed by atoms with E-state index in [2.05, 4.69) is 13.0 Å². The Morgan fingerprint density at radius 1 is 1.46 bits per heavy atom. The van der Waals surface area contributed by atoms with Crippen molar-refractivity contribution in [1.82, 2.24) is 0 Å². The van der Waals surface area contributed by atoms with Crippen LogP contribution in [-0.2, 0) is 6.42 Å². The van der Waals surface area contributed by atoms with Gasteiger partial charge in [0.15, 0.2) is 0 Å². The third kappa shape index (κ3) is 2.90. The zero-order chi connectivity index (χ0) is 9.68. The fraction of sp³-hybridized carbons (Fsp3) is 0.364. The molecule has 2 nitrogen and oxygen atoms in total. The van der Waals surface area contributed by atoms with E-state index in [0.717, 1.165) is 12.0 Å². The molecule has 0 saturated carbocycles. The number of amidine groups is 1. The van der Waals surface area contributed by atoms with Gasteiger partial charge in [-0.2, -0.15) is 0 Å². The largest absolute Gasteiger partial charge is 0.384 e. The van der Waals surface area contributed by atoms with Gasteiger partial charge in [-0.3, -0.25) is 5.41 Å². The molecule has 0 aliphatic carbocycles. The minimum absolute atomic E-state index is 0.151. The number of nitrogens with one attached hydrogen (secondary N) is 1. The van der Waals surface area contributed by atoms with Crippen LogP contribution in [0.3, 0.4) is 0 Å². The molecule has 0 fully saturated rings. The number of hydrogen-bond acceptors (Lipinski definition) is 1. The number of rotatable bonds is 4. The molecule has 13 heavy (non-hydrogen) atoms. The Bertz CT molecular complexity index is 292. The van der Waals surface area contributed by atoms with E-state index in [-0.39, 0.29) is 5.84 Å². The molecule has 0 aliphatic heterocycles. The lowest BCUT2D eigenvalue weighted by Gasteiger charge is -2.02. The van der Waals surface area contributed by atoms with Crippen LogP contribution < -0.4 is 5.73 Å². The van der Waals surface area contributed by atoms with Crippen LogP contribution >= 0.6 is 0 Å². The fourth-order valence-electron chi connectivity index (χ4n) is 1.28. The zero-order valence-electron chi connectivity index (χ0n) is 8.01. The van der Waals surface area contributed by atoms with Crippen molar-refractivity contribution < 1.29 is 0 Å². The van der Waals surface area contributed by atoms with Gasteiger partial charge >= 0.3 is 0 Å². The van der Waals surface area contributed by atoms with E-state index in [1.165, 1.54) is 18.4 Å². The van der Waals surface area contributed by atoms with E-state index in [4.69, 9.17) is 11.1 Å². The Labute approximate surface area is 79.3 Å². The number of benzene rings is 1. The van der Waals surface area contributed by atoms with Gasteiger partial charge in [-0.15, -0.1) is 0 Å². The summed E-state index contributed by atoms with van der Waals surface area (Å²) in [6.07, 6.45) is 3.48. The summed E-state index contributed by atoms with van der Waals surface area (Å²) < 4.78 is 0. The van der Waals surface area contributed by atoms with Crippen molar-refractivity contribution in [1.29, 1.82) is 5.41 Å². The Hall–Kier alpha value is -1.31. The number of nitrogen functional groups attached to an aromatic ring is 1. The van der Waals surface area contributed by atoms with E-state index < -0.39 is 0 Å². The van der Waals surface area contributed by atoms with Crippen molar-refractivity contribution in [2.24, 2.45) is 5.73 Å². The standard InChI is InChI=1S/C11H16N2/c1-2-3-5-9-6-4-7-10(8-9)11(12)13/h4,6-8H,2-3,5H2,1H3,(H3,12,13). The topological polar surface area (TPSA) is 49.9 Å². The molecule has 0 bridgehead atoms. The Kier molecular flexibility index (Phi) is 3.50. The molecule has 0 unspecified atom stereocenters. The van der Waals surface area contributed by atoms with Crippen molar-refractivity contribution in [3.8, 4) is 0 Å². The highest BCUT2D eigenvalue weighted by Crippen LogP contribution is 2.07. The molecule has 1 aromatic rings. The first kappa shape index (κ1) is 9.78. The molecule has 1 rings (SSSR count). The summed E-state index contributed by atoms with van der Waals surface area (Å²) in [5, 5.41) is 7.29. The predicted molar refractivity (Wildman–Crippen MR) is 56.1 cm³/mol. The summed E-state index contributed by atoms with van der Waals surface area (Å²) in [5.41, 5.74) is 7.49. The normalized spacial score (nSPS) is 9.92. The van der Waals surface area contributed by atoms with Crippen molar-refractivity contribution >= 4 is 5.84 Å². The highest BCUT2D eigenvalue weighted by Gasteiger charge is 1.97. The minimum Gasteiger partial charge on any atom is -0.384 e. The third-order valence-electron chi connectivity index (χ3n) is 2.06. The van der Waals surface area contributed by atoms with E-state index in [0.29, 0.717) is 0 Å². The van der Waals surface area contributed by atoms with Gasteiger partial charge in [0.25, 0.3) is 0 Å². The van der Waals surface area contributed by atoms with E-state index in [1.54, 1.807) is 0 Å². The smallest absolute Gasteiger partial charge is 0.122 e. The van der Waals surface area contributed by atoms with Crippen LogP contribution in [0.25, 0.3) is 0 Å². The van der Waals surface area contributed by atoms with Crippen molar-refractivity contribution in [2.75, 3.05) is 0 Å². The molecule has 0 radical (unpaired) electrons. The van der Waals surface area contributed by atoms with Gasteiger partial charge in [-0.25, -0.2) is 0 Å². The maximum absolute atomic E-state index is 7.29. The van der Waals surface area contributed by atoms with Crippen LogP contribution in [0.5, 0.6) is 0 Å². The third-order valence-corrected chi connectivity index (χ3v) is 2.06. The molecule has 3 N–H and O–H groups in total. The Morgan fingerprint density at radius 2 is 2.23 bits per heavy atom. The minimum atomic E-state index is 0.151. The van der Waals surface area contributed by atoms with E-state index in [1.807, 2.05) is 18.2 Å². The summed E-state index contributed by atoms with van der Waals surface area (Å²) in [6.45, 7) is 2.18. The summed E-state index contributed by atoms with van der Waals surface area (Å²) >= 11 is 0. The van der Waals surface area contributed by atoms with Crippen LogP contribution in [0.2, 0.25) is 0 Å². The van der Waals surface area contributed by atoms with Crippen LogP contribution in [0, 0.1) is 5.41 Å². The molecule has 0 aromatic heterocycles. The number of unbranched alkanes of at least 4 members (excludes halogenated alkanes) is 1. The second-order valence-electron chi connectivity index (χ2n) is 3.22. The monoisotopic (exact) mass is 176 g/mol. The van der Waals surface area contributed by atoms with Crippen LogP contribution in [-0.4, -0.2) is 5.84 Å². The second kappa shape index (κ2) is 4.65. The van der Waals surface area contributed by atoms with Crippen LogP contribution in [0.15, 0.2) is 24.3 Å². The van der Waals surface area contributed by atoms with Crippen LogP contribution in [0.4, 0.5) is 0 Å². The molecule has 1 aromatic carbocycles. The highest BCUT2D eigenvalue weighted by atomic mass is 14.7. The van der Waals surface area contributed by atoms with E-state index in [9.17, 15) is 0 Å². The first-order valence-electron chi connectivity index (χ1n) is 4.67. The first-order chi connectivity index (χ1) is 6.24. The zero-order valence-corrected chi connectivity index (χ0v) is 8.01. The second-order valence-corrected chi connectivity index (χ2v) is 3.22. The summed E-state index contributed by atoms with van der Waals surface area (Å²) in [7, 11) is 0. The molecule has 0 atom stereocenters. The summed E-state index contributed by atoms with van der Waals surface area (Å²) in [6, 6.07) is 7.92. The SMILES string of the molecule is CCCCc1cccc(C(=N)N)c1. The van der Waals surface area contributed by atoms with Gasteiger partial charge in [-0.1, -0.05) is 31.5 Å². The quantitative estimate of drug-likeness (QED) is 0.536. The van der Waals surface area contributed by atoms with Gasteiger partial charge < -0.3 is 5.73 Å². The molecule has 0 saturated heterocycles.